The SMILES string of the molecule is Cc1ccoc1C(=O)NCc1ccc(C(=O)O)o1. The van der Waals surface area contributed by atoms with Crippen LogP contribution in [0.4, 0.5) is 0 Å². The van der Waals surface area contributed by atoms with Gasteiger partial charge in [-0.05, 0) is 25.1 Å². The molecule has 18 heavy (non-hydrogen) atoms. The highest BCUT2D eigenvalue weighted by molar-refractivity contribution is 5.92. The minimum atomic E-state index is -1.14. The number of carbonyl (C=O) groups excluding carboxylic acids is 1. The van der Waals surface area contributed by atoms with E-state index < -0.39 is 5.97 Å². The summed E-state index contributed by atoms with van der Waals surface area (Å²) in [6.07, 6.45) is 1.43. The Kier molecular flexibility index (Phi) is 3.18. The zero-order valence-electron chi connectivity index (χ0n) is 9.60. The van der Waals surface area contributed by atoms with Gasteiger partial charge >= 0.3 is 5.97 Å². The van der Waals surface area contributed by atoms with Crippen molar-refractivity contribution in [3.05, 3.63) is 47.3 Å². The summed E-state index contributed by atoms with van der Waals surface area (Å²) in [7, 11) is 0. The molecule has 0 saturated heterocycles. The third-order valence-electron chi connectivity index (χ3n) is 2.36. The van der Waals surface area contributed by atoms with E-state index in [-0.39, 0.29) is 24.0 Å². The molecule has 0 aliphatic carbocycles. The van der Waals surface area contributed by atoms with Crippen molar-refractivity contribution in [2.45, 2.75) is 13.5 Å². The van der Waals surface area contributed by atoms with Crippen molar-refractivity contribution in [1.29, 1.82) is 0 Å². The zero-order valence-corrected chi connectivity index (χ0v) is 9.60. The van der Waals surface area contributed by atoms with Gasteiger partial charge in [-0.3, -0.25) is 4.79 Å². The van der Waals surface area contributed by atoms with E-state index in [0.717, 1.165) is 5.56 Å². The molecule has 0 saturated carbocycles. The third-order valence-corrected chi connectivity index (χ3v) is 2.36. The van der Waals surface area contributed by atoms with Crippen LogP contribution in [0.2, 0.25) is 0 Å². The fraction of sp³-hybridized carbons (Fsp3) is 0.167. The molecule has 94 valence electrons. The normalized spacial score (nSPS) is 10.3. The Morgan fingerprint density at radius 3 is 2.67 bits per heavy atom. The van der Waals surface area contributed by atoms with Crippen molar-refractivity contribution in [2.75, 3.05) is 0 Å². The van der Waals surface area contributed by atoms with Gasteiger partial charge in [-0.1, -0.05) is 0 Å². The Bertz CT molecular complexity index is 581. The number of furan rings is 2. The molecule has 2 aromatic heterocycles. The summed E-state index contributed by atoms with van der Waals surface area (Å²) in [5, 5.41) is 11.2. The van der Waals surface area contributed by atoms with E-state index >= 15 is 0 Å². The van der Waals surface area contributed by atoms with Gasteiger partial charge in [0.1, 0.15) is 5.76 Å². The van der Waals surface area contributed by atoms with E-state index in [1.54, 1.807) is 13.0 Å². The molecule has 0 radical (unpaired) electrons. The van der Waals surface area contributed by atoms with Crippen LogP contribution in [-0.4, -0.2) is 17.0 Å². The van der Waals surface area contributed by atoms with Crippen molar-refractivity contribution >= 4 is 11.9 Å². The number of nitrogens with one attached hydrogen (secondary N) is 1. The van der Waals surface area contributed by atoms with Crippen molar-refractivity contribution in [3.63, 3.8) is 0 Å². The second kappa shape index (κ2) is 4.79. The second-order valence-electron chi connectivity index (χ2n) is 3.69. The Labute approximate surface area is 102 Å². The molecule has 0 aliphatic rings. The van der Waals surface area contributed by atoms with Gasteiger partial charge in [0.15, 0.2) is 5.76 Å². The number of carbonyl (C=O) groups is 2. The third kappa shape index (κ3) is 2.42. The standard InChI is InChI=1S/C12H11NO5/c1-7-4-5-17-10(7)11(14)13-6-8-2-3-9(18-8)12(15)16/h2-5H,6H2,1H3,(H,13,14)(H,15,16). The molecule has 0 fully saturated rings. The molecule has 2 N–H and O–H groups in total. The van der Waals surface area contributed by atoms with Gasteiger partial charge in [-0.2, -0.15) is 0 Å². The van der Waals surface area contributed by atoms with Crippen LogP contribution in [0.25, 0.3) is 0 Å². The first kappa shape index (κ1) is 12.0. The van der Waals surface area contributed by atoms with E-state index in [0.29, 0.717) is 5.76 Å². The number of carboxylic acids is 1. The van der Waals surface area contributed by atoms with Gasteiger partial charge in [0.2, 0.25) is 5.76 Å². The molecule has 0 atom stereocenters. The Morgan fingerprint density at radius 2 is 2.11 bits per heavy atom. The molecule has 0 unspecified atom stereocenters. The van der Waals surface area contributed by atoms with E-state index in [1.807, 2.05) is 0 Å². The second-order valence-corrected chi connectivity index (χ2v) is 3.69. The number of aryl methyl sites for hydroxylation is 1. The van der Waals surface area contributed by atoms with Crippen LogP contribution in [0.15, 0.2) is 33.3 Å². The van der Waals surface area contributed by atoms with Crippen molar-refractivity contribution in [1.82, 2.24) is 5.32 Å². The fourth-order valence-electron chi connectivity index (χ4n) is 1.44. The van der Waals surface area contributed by atoms with Crippen molar-refractivity contribution < 1.29 is 23.5 Å². The Balaban J connectivity index is 1.97. The van der Waals surface area contributed by atoms with Crippen LogP contribution in [0.3, 0.4) is 0 Å². The molecule has 1 amide bonds. The summed E-state index contributed by atoms with van der Waals surface area (Å²) >= 11 is 0. The smallest absolute Gasteiger partial charge is 0.371 e. The van der Waals surface area contributed by atoms with E-state index in [4.69, 9.17) is 13.9 Å². The Hall–Kier alpha value is -2.50. The molecule has 2 aromatic rings. The highest BCUT2D eigenvalue weighted by Gasteiger charge is 2.14. The lowest BCUT2D eigenvalue weighted by Crippen LogP contribution is -2.22. The van der Waals surface area contributed by atoms with Gasteiger partial charge in [0.05, 0.1) is 12.8 Å². The molecule has 0 bridgehead atoms. The minimum absolute atomic E-state index is 0.103. The van der Waals surface area contributed by atoms with Crippen LogP contribution in [0.5, 0.6) is 0 Å². The molecule has 2 heterocycles. The minimum Gasteiger partial charge on any atom is -0.475 e. The highest BCUT2D eigenvalue weighted by atomic mass is 16.4. The lowest BCUT2D eigenvalue weighted by atomic mass is 10.2. The van der Waals surface area contributed by atoms with Gasteiger partial charge in [-0.25, -0.2) is 4.79 Å². The van der Waals surface area contributed by atoms with Gasteiger partial charge in [0.25, 0.3) is 5.91 Å². The fourth-order valence-corrected chi connectivity index (χ4v) is 1.44. The molecule has 0 aliphatic heterocycles. The van der Waals surface area contributed by atoms with Crippen molar-refractivity contribution in [2.24, 2.45) is 0 Å². The molecule has 6 heteroatoms. The number of amides is 1. The summed E-state index contributed by atoms with van der Waals surface area (Å²) in [4.78, 5) is 22.3. The summed E-state index contributed by atoms with van der Waals surface area (Å²) in [6, 6.07) is 4.52. The number of carboxylic acid groups (broad SMARTS) is 1. The van der Waals surface area contributed by atoms with Crippen LogP contribution in [0.1, 0.15) is 32.4 Å². The zero-order chi connectivity index (χ0) is 13.1. The number of aromatic carboxylic acids is 1. The number of hydrogen-bond donors (Lipinski definition) is 2. The lowest BCUT2D eigenvalue weighted by Gasteiger charge is -2.01. The van der Waals surface area contributed by atoms with Crippen LogP contribution >= 0.6 is 0 Å². The van der Waals surface area contributed by atoms with Gasteiger partial charge in [0, 0.05) is 5.56 Å². The van der Waals surface area contributed by atoms with E-state index in [1.165, 1.54) is 18.4 Å². The summed E-state index contributed by atoms with van der Waals surface area (Å²) < 4.78 is 10.0. The molecular weight excluding hydrogens is 238 g/mol. The largest absolute Gasteiger partial charge is 0.475 e. The van der Waals surface area contributed by atoms with E-state index in [2.05, 4.69) is 5.32 Å². The topological polar surface area (TPSA) is 92.7 Å². The van der Waals surface area contributed by atoms with E-state index in [9.17, 15) is 9.59 Å². The first-order valence-corrected chi connectivity index (χ1v) is 5.22. The average Bonchev–Trinajstić information content (AvgIpc) is 2.94. The molecule has 0 aromatic carbocycles. The predicted molar refractivity (Wildman–Crippen MR) is 60.3 cm³/mol. The highest BCUT2D eigenvalue weighted by Crippen LogP contribution is 2.10. The Morgan fingerprint density at radius 1 is 1.33 bits per heavy atom. The monoisotopic (exact) mass is 249 g/mol. The number of hydrogen-bond acceptors (Lipinski definition) is 4. The maximum atomic E-state index is 11.7. The van der Waals surface area contributed by atoms with Crippen molar-refractivity contribution in [3.8, 4) is 0 Å². The summed E-state index contributed by atoms with van der Waals surface area (Å²) in [5.74, 6) is -1.07. The lowest BCUT2D eigenvalue weighted by molar-refractivity contribution is 0.0660. The molecule has 6 nitrogen and oxygen atoms in total. The molecule has 0 spiro atoms. The summed E-state index contributed by atoms with van der Waals surface area (Å²) in [5.41, 5.74) is 0.734. The first-order chi connectivity index (χ1) is 8.58. The summed E-state index contributed by atoms with van der Waals surface area (Å²) in [6.45, 7) is 1.86. The van der Waals surface area contributed by atoms with Crippen LogP contribution in [0, 0.1) is 6.92 Å². The van der Waals surface area contributed by atoms with Gasteiger partial charge in [-0.15, -0.1) is 0 Å². The molecular formula is C12H11NO5. The predicted octanol–water partition coefficient (Wildman–Crippen LogP) is 1.81. The van der Waals surface area contributed by atoms with Crippen LogP contribution < -0.4 is 5.32 Å². The molecule has 2 rings (SSSR count). The average molecular weight is 249 g/mol. The van der Waals surface area contributed by atoms with Gasteiger partial charge < -0.3 is 19.3 Å². The quantitative estimate of drug-likeness (QED) is 0.861. The first-order valence-electron chi connectivity index (χ1n) is 5.22. The number of rotatable bonds is 4. The maximum Gasteiger partial charge on any atom is 0.371 e. The maximum absolute atomic E-state index is 11.7. The van der Waals surface area contributed by atoms with Crippen LogP contribution in [-0.2, 0) is 6.54 Å².